The second-order valence-electron chi connectivity index (χ2n) is 4.42. The van der Waals surface area contributed by atoms with Crippen molar-refractivity contribution >= 4 is 21.6 Å². The van der Waals surface area contributed by atoms with E-state index < -0.39 is 5.60 Å². The van der Waals surface area contributed by atoms with E-state index >= 15 is 0 Å². The Balaban J connectivity index is 2.13. The molecule has 0 bridgehead atoms. The van der Waals surface area contributed by atoms with E-state index in [0.717, 1.165) is 20.8 Å². The normalized spacial score (nSPS) is 14.6. The zero-order valence-electron chi connectivity index (χ0n) is 10.00. The molecular weight excluding hydrogens is 242 g/mol. The number of rotatable bonds is 2. The molecule has 0 spiro atoms. The van der Waals surface area contributed by atoms with E-state index in [4.69, 9.17) is 0 Å². The molecular formula is C15H13NOS. The first-order valence-corrected chi connectivity index (χ1v) is 6.63. The van der Waals surface area contributed by atoms with Gasteiger partial charge in [-0.3, -0.25) is 0 Å². The maximum atomic E-state index is 10.7. The van der Waals surface area contributed by atoms with Gasteiger partial charge in [0.15, 0.2) is 0 Å². The third-order valence-electron chi connectivity index (χ3n) is 3.05. The number of thiazole rings is 1. The third kappa shape index (κ3) is 1.82. The van der Waals surface area contributed by atoms with Crippen LogP contribution < -0.4 is 0 Å². The Morgan fingerprint density at radius 1 is 1.00 bits per heavy atom. The Bertz CT molecular complexity index is 640. The summed E-state index contributed by atoms with van der Waals surface area (Å²) in [4.78, 5) is 4.53. The van der Waals surface area contributed by atoms with Crippen molar-refractivity contribution in [3.8, 4) is 0 Å². The minimum Gasteiger partial charge on any atom is -0.378 e. The van der Waals surface area contributed by atoms with Crippen LogP contribution in [0.1, 0.15) is 17.5 Å². The molecule has 3 aromatic rings. The van der Waals surface area contributed by atoms with Gasteiger partial charge < -0.3 is 5.11 Å². The molecule has 0 aliphatic carbocycles. The van der Waals surface area contributed by atoms with E-state index in [2.05, 4.69) is 4.98 Å². The molecule has 0 amide bonds. The first-order valence-electron chi connectivity index (χ1n) is 5.82. The number of fused-ring (bicyclic) bond motifs is 1. The minimum absolute atomic E-state index is 0.731. The number of hydrogen-bond donors (Lipinski definition) is 1. The molecule has 0 aliphatic rings. The zero-order chi connectivity index (χ0) is 12.6. The summed E-state index contributed by atoms with van der Waals surface area (Å²) in [5.41, 5.74) is 0.767. The Hall–Kier alpha value is -1.71. The number of hydrogen-bond acceptors (Lipinski definition) is 3. The van der Waals surface area contributed by atoms with Crippen LogP contribution in [-0.2, 0) is 5.60 Å². The maximum absolute atomic E-state index is 10.7. The molecule has 1 heterocycles. The predicted molar refractivity (Wildman–Crippen MR) is 74.7 cm³/mol. The lowest BCUT2D eigenvalue weighted by molar-refractivity contribution is 0.102. The van der Waals surface area contributed by atoms with Crippen molar-refractivity contribution in [3.63, 3.8) is 0 Å². The molecule has 1 unspecified atom stereocenters. The van der Waals surface area contributed by atoms with E-state index in [1.807, 2.05) is 54.6 Å². The SMILES string of the molecule is CC(O)(c1ccccc1)c1nc2ccccc2s1. The van der Waals surface area contributed by atoms with Gasteiger partial charge in [-0.1, -0.05) is 42.5 Å². The summed E-state index contributed by atoms with van der Waals surface area (Å²) in [7, 11) is 0. The van der Waals surface area contributed by atoms with E-state index in [1.54, 1.807) is 6.92 Å². The maximum Gasteiger partial charge on any atom is 0.138 e. The standard InChI is InChI=1S/C15H13NOS/c1-15(17,11-7-3-2-4-8-11)14-16-12-9-5-6-10-13(12)18-14/h2-10,17H,1H3. The quantitative estimate of drug-likeness (QED) is 0.759. The molecule has 18 heavy (non-hydrogen) atoms. The first kappa shape index (κ1) is 11.4. The van der Waals surface area contributed by atoms with Crippen LogP contribution in [-0.4, -0.2) is 10.1 Å². The highest BCUT2D eigenvalue weighted by Crippen LogP contribution is 2.34. The fourth-order valence-corrected chi connectivity index (χ4v) is 3.00. The highest BCUT2D eigenvalue weighted by atomic mass is 32.1. The van der Waals surface area contributed by atoms with Gasteiger partial charge >= 0.3 is 0 Å². The lowest BCUT2D eigenvalue weighted by Gasteiger charge is -2.20. The molecule has 3 heteroatoms. The zero-order valence-corrected chi connectivity index (χ0v) is 10.8. The molecule has 0 radical (unpaired) electrons. The summed E-state index contributed by atoms with van der Waals surface area (Å²) in [6.45, 7) is 1.79. The molecule has 0 saturated heterocycles. The highest BCUT2D eigenvalue weighted by Gasteiger charge is 2.29. The molecule has 2 nitrogen and oxygen atoms in total. The van der Waals surface area contributed by atoms with Gasteiger partial charge in [-0.25, -0.2) is 4.98 Å². The first-order chi connectivity index (χ1) is 8.68. The number of para-hydroxylation sites is 1. The fourth-order valence-electron chi connectivity index (χ4n) is 1.97. The van der Waals surface area contributed by atoms with E-state index in [0.29, 0.717) is 0 Å². The van der Waals surface area contributed by atoms with Crippen molar-refractivity contribution in [3.05, 3.63) is 65.2 Å². The summed E-state index contributed by atoms with van der Waals surface area (Å²) >= 11 is 1.54. The molecule has 2 aromatic carbocycles. The third-order valence-corrected chi connectivity index (χ3v) is 4.29. The van der Waals surface area contributed by atoms with Gasteiger partial charge in [-0.15, -0.1) is 11.3 Å². The van der Waals surface area contributed by atoms with Gasteiger partial charge in [-0.2, -0.15) is 0 Å². The Kier molecular flexibility index (Phi) is 2.65. The molecule has 1 atom stereocenters. The number of aliphatic hydroxyl groups is 1. The van der Waals surface area contributed by atoms with Crippen molar-refractivity contribution in [2.75, 3.05) is 0 Å². The monoisotopic (exact) mass is 255 g/mol. The lowest BCUT2D eigenvalue weighted by atomic mass is 9.97. The summed E-state index contributed by atoms with van der Waals surface area (Å²) in [5, 5.41) is 11.4. The number of nitrogens with zero attached hydrogens (tertiary/aromatic N) is 1. The lowest BCUT2D eigenvalue weighted by Crippen LogP contribution is -2.22. The van der Waals surface area contributed by atoms with Crippen LogP contribution in [0, 0.1) is 0 Å². The summed E-state index contributed by atoms with van der Waals surface area (Å²) < 4.78 is 1.10. The second kappa shape index (κ2) is 4.19. The molecule has 0 saturated carbocycles. The van der Waals surface area contributed by atoms with Gasteiger partial charge in [0.05, 0.1) is 10.2 Å². The number of aromatic nitrogens is 1. The van der Waals surface area contributed by atoms with Crippen molar-refractivity contribution in [1.29, 1.82) is 0 Å². The molecule has 0 fully saturated rings. The van der Waals surface area contributed by atoms with E-state index in [1.165, 1.54) is 11.3 Å². The Morgan fingerprint density at radius 3 is 2.39 bits per heavy atom. The van der Waals surface area contributed by atoms with Crippen molar-refractivity contribution in [2.45, 2.75) is 12.5 Å². The van der Waals surface area contributed by atoms with Crippen molar-refractivity contribution < 1.29 is 5.11 Å². The summed E-state index contributed by atoms with van der Waals surface area (Å²) in [5.74, 6) is 0. The largest absolute Gasteiger partial charge is 0.378 e. The van der Waals surface area contributed by atoms with Crippen molar-refractivity contribution in [2.24, 2.45) is 0 Å². The van der Waals surface area contributed by atoms with Gasteiger partial charge in [-0.05, 0) is 24.6 Å². The van der Waals surface area contributed by atoms with Crippen LogP contribution in [0.4, 0.5) is 0 Å². The van der Waals surface area contributed by atoms with Crippen molar-refractivity contribution in [1.82, 2.24) is 4.98 Å². The minimum atomic E-state index is -1.04. The molecule has 1 aromatic heterocycles. The van der Waals surface area contributed by atoms with Gasteiger partial charge in [0.25, 0.3) is 0 Å². The second-order valence-corrected chi connectivity index (χ2v) is 5.46. The van der Waals surface area contributed by atoms with Crippen LogP contribution in [0.3, 0.4) is 0 Å². The highest BCUT2D eigenvalue weighted by molar-refractivity contribution is 7.18. The topological polar surface area (TPSA) is 33.1 Å². The van der Waals surface area contributed by atoms with Gasteiger partial charge in [0.2, 0.25) is 0 Å². The van der Waals surface area contributed by atoms with Gasteiger partial charge in [0, 0.05) is 0 Å². The van der Waals surface area contributed by atoms with Crippen LogP contribution in [0.25, 0.3) is 10.2 Å². The van der Waals surface area contributed by atoms with Crippen LogP contribution in [0.5, 0.6) is 0 Å². The molecule has 1 N–H and O–H groups in total. The summed E-state index contributed by atoms with van der Waals surface area (Å²) in [6.07, 6.45) is 0. The number of benzene rings is 2. The van der Waals surface area contributed by atoms with E-state index in [9.17, 15) is 5.11 Å². The van der Waals surface area contributed by atoms with Crippen LogP contribution >= 0.6 is 11.3 Å². The Labute approximate surface area is 110 Å². The Morgan fingerprint density at radius 2 is 1.67 bits per heavy atom. The van der Waals surface area contributed by atoms with Crippen LogP contribution in [0.15, 0.2) is 54.6 Å². The van der Waals surface area contributed by atoms with Gasteiger partial charge in [0.1, 0.15) is 10.6 Å². The molecule has 0 aliphatic heterocycles. The smallest absolute Gasteiger partial charge is 0.138 e. The summed E-state index contributed by atoms with van der Waals surface area (Å²) in [6, 6.07) is 17.6. The van der Waals surface area contributed by atoms with E-state index in [-0.39, 0.29) is 0 Å². The molecule has 90 valence electrons. The average Bonchev–Trinajstić information content (AvgIpc) is 2.84. The van der Waals surface area contributed by atoms with Crippen LogP contribution in [0.2, 0.25) is 0 Å². The fraction of sp³-hybridized carbons (Fsp3) is 0.133. The predicted octanol–water partition coefficient (Wildman–Crippen LogP) is 3.55. The average molecular weight is 255 g/mol. The molecule has 3 rings (SSSR count).